The van der Waals surface area contributed by atoms with Gasteiger partial charge in [0, 0.05) is 0 Å². The van der Waals surface area contributed by atoms with Gasteiger partial charge in [-0.1, -0.05) is 49.2 Å². The number of carbonyl (C=O) groups excluding carboxylic acids is 1. The van der Waals surface area contributed by atoms with Crippen LogP contribution in [0.2, 0.25) is 0 Å². The van der Waals surface area contributed by atoms with E-state index < -0.39 is 18.1 Å². The first-order valence-electron chi connectivity index (χ1n) is 7.44. The Bertz CT molecular complexity index is 473. The van der Waals surface area contributed by atoms with Gasteiger partial charge < -0.3 is 15.2 Å². The van der Waals surface area contributed by atoms with Crippen LogP contribution in [0.15, 0.2) is 43.0 Å². The molecular weight excluding hydrogens is 282 g/mol. The van der Waals surface area contributed by atoms with E-state index in [-0.39, 0.29) is 6.61 Å². The lowest BCUT2D eigenvalue weighted by Gasteiger charge is -2.14. The Morgan fingerprint density at radius 1 is 1.23 bits per heavy atom. The van der Waals surface area contributed by atoms with Gasteiger partial charge in [0.1, 0.15) is 12.6 Å². The Kier molecular flexibility index (Phi) is 8.42. The minimum atomic E-state index is -1.04. The van der Waals surface area contributed by atoms with Gasteiger partial charge in [-0.05, 0) is 24.8 Å². The third kappa shape index (κ3) is 7.47. The van der Waals surface area contributed by atoms with Crippen LogP contribution in [0, 0.1) is 0 Å². The molecule has 0 heterocycles. The largest absolute Gasteiger partial charge is 0.480 e. The highest BCUT2D eigenvalue weighted by molar-refractivity contribution is 5.79. The molecule has 0 radical (unpaired) electrons. The normalized spacial score (nSPS) is 11.5. The van der Waals surface area contributed by atoms with Crippen molar-refractivity contribution in [2.24, 2.45) is 0 Å². The predicted molar refractivity (Wildman–Crippen MR) is 84.5 cm³/mol. The van der Waals surface area contributed by atoms with E-state index in [1.165, 1.54) is 0 Å². The highest BCUT2D eigenvalue weighted by Crippen LogP contribution is 2.07. The maximum Gasteiger partial charge on any atom is 0.408 e. The summed E-state index contributed by atoms with van der Waals surface area (Å²) in [4.78, 5) is 22.8. The van der Waals surface area contributed by atoms with Crippen molar-refractivity contribution in [1.82, 2.24) is 5.32 Å². The molecule has 0 bridgehead atoms. The average Bonchev–Trinajstić information content (AvgIpc) is 2.52. The lowest BCUT2D eigenvalue weighted by molar-refractivity contribution is -0.139. The number of hydrogen-bond donors (Lipinski definition) is 2. The van der Waals surface area contributed by atoms with Crippen molar-refractivity contribution in [1.29, 1.82) is 0 Å². The molecule has 0 saturated heterocycles. The molecule has 0 fully saturated rings. The Labute approximate surface area is 131 Å². The Morgan fingerprint density at radius 3 is 2.59 bits per heavy atom. The standard InChI is InChI=1S/C17H23NO4/c1-2-3-4-5-9-12-15(16(19)20)18-17(21)22-13-14-10-7-6-8-11-14/h2,6-8,10-11,15H,1,3-5,9,12-13H2,(H,18,21)(H,19,20)/t15-/m0/s1. The van der Waals surface area contributed by atoms with Gasteiger partial charge in [-0.2, -0.15) is 0 Å². The van der Waals surface area contributed by atoms with E-state index in [1.807, 2.05) is 36.4 Å². The van der Waals surface area contributed by atoms with Gasteiger partial charge >= 0.3 is 12.1 Å². The zero-order valence-electron chi connectivity index (χ0n) is 12.7. The monoisotopic (exact) mass is 305 g/mol. The Morgan fingerprint density at radius 2 is 1.95 bits per heavy atom. The van der Waals surface area contributed by atoms with Gasteiger partial charge in [0.2, 0.25) is 0 Å². The molecule has 0 unspecified atom stereocenters. The van der Waals surface area contributed by atoms with Gasteiger partial charge in [0.25, 0.3) is 0 Å². The molecule has 5 heteroatoms. The third-order valence-electron chi connectivity index (χ3n) is 3.20. The number of alkyl carbamates (subject to hydrolysis) is 1. The van der Waals surface area contributed by atoms with Crippen LogP contribution in [0.25, 0.3) is 0 Å². The molecule has 0 saturated carbocycles. The number of rotatable bonds is 10. The first-order chi connectivity index (χ1) is 10.6. The molecule has 0 aliphatic heterocycles. The van der Waals surface area contributed by atoms with E-state index in [4.69, 9.17) is 9.84 Å². The first-order valence-corrected chi connectivity index (χ1v) is 7.44. The van der Waals surface area contributed by atoms with Gasteiger partial charge in [-0.25, -0.2) is 9.59 Å². The molecule has 0 aliphatic rings. The molecule has 0 spiro atoms. The molecule has 1 aromatic rings. The van der Waals surface area contributed by atoms with Gasteiger partial charge in [-0.3, -0.25) is 0 Å². The maximum absolute atomic E-state index is 11.7. The number of allylic oxidation sites excluding steroid dienone is 1. The van der Waals surface area contributed by atoms with Crippen molar-refractivity contribution in [3.63, 3.8) is 0 Å². The second kappa shape index (κ2) is 10.4. The number of carbonyl (C=O) groups is 2. The summed E-state index contributed by atoms with van der Waals surface area (Å²) in [6, 6.07) is 8.33. The minimum Gasteiger partial charge on any atom is -0.480 e. The van der Waals surface area contributed by atoms with Crippen LogP contribution in [0.5, 0.6) is 0 Å². The fourth-order valence-corrected chi connectivity index (χ4v) is 1.98. The molecular formula is C17H23NO4. The van der Waals surface area contributed by atoms with Crippen molar-refractivity contribution in [3.8, 4) is 0 Å². The zero-order chi connectivity index (χ0) is 16.2. The molecule has 1 atom stereocenters. The lowest BCUT2D eigenvalue weighted by atomic mass is 10.1. The zero-order valence-corrected chi connectivity index (χ0v) is 12.7. The molecule has 5 nitrogen and oxygen atoms in total. The van der Waals surface area contributed by atoms with Crippen molar-refractivity contribution in [2.75, 3.05) is 0 Å². The smallest absolute Gasteiger partial charge is 0.408 e. The van der Waals surface area contributed by atoms with E-state index in [0.29, 0.717) is 6.42 Å². The second-order valence-corrected chi connectivity index (χ2v) is 5.02. The van der Waals surface area contributed by atoms with E-state index in [9.17, 15) is 9.59 Å². The Hall–Kier alpha value is -2.30. The molecule has 1 aromatic carbocycles. The molecule has 1 rings (SSSR count). The number of carboxylic acids is 1. The van der Waals surface area contributed by atoms with E-state index in [0.717, 1.165) is 31.2 Å². The van der Waals surface area contributed by atoms with Crippen LogP contribution < -0.4 is 5.32 Å². The summed E-state index contributed by atoms with van der Waals surface area (Å²) in [6.45, 7) is 3.76. The number of amides is 1. The first kappa shape index (κ1) is 17.8. The average molecular weight is 305 g/mol. The summed E-state index contributed by atoms with van der Waals surface area (Å²) in [6.07, 6.45) is 5.09. The van der Waals surface area contributed by atoms with Crippen molar-refractivity contribution < 1.29 is 19.4 Å². The molecule has 22 heavy (non-hydrogen) atoms. The number of carboxylic acid groups (broad SMARTS) is 1. The van der Waals surface area contributed by atoms with Gasteiger partial charge in [-0.15, -0.1) is 6.58 Å². The van der Waals surface area contributed by atoms with Crippen molar-refractivity contribution in [2.45, 2.75) is 44.8 Å². The number of hydrogen-bond acceptors (Lipinski definition) is 3. The lowest BCUT2D eigenvalue weighted by Crippen LogP contribution is -2.40. The number of nitrogens with one attached hydrogen (secondary N) is 1. The van der Waals surface area contributed by atoms with Crippen LogP contribution in [0.1, 0.15) is 37.7 Å². The van der Waals surface area contributed by atoms with E-state index in [1.54, 1.807) is 0 Å². The molecule has 2 N–H and O–H groups in total. The van der Waals surface area contributed by atoms with E-state index in [2.05, 4.69) is 11.9 Å². The highest BCUT2D eigenvalue weighted by atomic mass is 16.5. The summed E-state index contributed by atoms with van der Waals surface area (Å²) in [5.74, 6) is -1.04. The summed E-state index contributed by atoms with van der Waals surface area (Å²) < 4.78 is 5.03. The number of benzene rings is 1. The van der Waals surface area contributed by atoms with Gasteiger partial charge in [0.15, 0.2) is 0 Å². The fourth-order valence-electron chi connectivity index (χ4n) is 1.98. The summed E-state index contributed by atoms with van der Waals surface area (Å²) >= 11 is 0. The van der Waals surface area contributed by atoms with Gasteiger partial charge in [0.05, 0.1) is 0 Å². The summed E-state index contributed by atoms with van der Waals surface area (Å²) in [7, 11) is 0. The van der Waals surface area contributed by atoms with Crippen LogP contribution in [0.4, 0.5) is 4.79 Å². The molecule has 1 amide bonds. The van der Waals surface area contributed by atoms with E-state index >= 15 is 0 Å². The van der Waals surface area contributed by atoms with Crippen LogP contribution in [-0.4, -0.2) is 23.2 Å². The maximum atomic E-state index is 11.7. The Balaban J connectivity index is 2.30. The molecule has 120 valence electrons. The third-order valence-corrected chi connectivity index (χ3v) is 3.20. The van der Waals surface area contributed by atoms with Crippen LogP contribution in [0.3, 0.4) is 0 Å². The van der Waals surface area contributed by atoms with Crippen molar-refractivity contribution >= 4 is 12.1 Å². The molecule has 0 aromatic heterocycles. The summed E-state index contributed by atoms with van der Waals surface area (Å²) in [5, 5.41) is 11.5. The minimum absolute atomic E-state index is 0.123. The SMILES string of the molecule is C=CCCCCC[C@H](NC(=O)OCc1ccccc1)C(=O)O. The highest BCUT2D eigenvalue weighted by Gasteiger charge is 2.20. The van der Waals surface area contributed by atoms with Crippen LogP contribution in [-0.2, 0) is 16.1 Å². The predicted octanol–water partition coefficient (Wildman–Crippen LogP) is 3.50. The quantitative estimate of drug-likeness (QED) is 0.512. The van der Waals surface area contributed by atoms with Crippen LogP contribution >= 0.6 is 0 Å². The molecule has 0 aliphatic carbocycles. The second-order valence-electron chi connectivity index (χ2n) is 5.02. The fraction of sp³-hybridized carbons (Fsp3) is 0.412. The number of ether oxygens (including phenoxy) is 1. The topological polar surface area (TPSA) is 75.6 Å². The van der Waals surface area contributed by atoms with Crippen molar-refractivity contribution in [3.05, 3.63) is 48.6 Å². The number of unbranched alkanes of at least 4 members (excludes halogenated alkanes) is 3. The number of aliphatic carboxylic acids is 1. The summed E-state index contributed by atoms with van der Waals surface area (Å²) in [5.41, 5.74) is 0.856.